The molecule has 0 radical (unpaired) electrons. The van der Waals surface area contributed by atoms with Crippen molar-refractivity contribution in [1.29, 1.82) is 0 Å². The van der Waals surface area contributed by atoms with Crippen molar-refractivity contribution in [2.75, 3.05) is 26.2 Å². The standard InChI is InChI=1S/C17H18N2O3.ClH/c1-10-13-4-2-3-5-14(13)22-17(21)15(10)16(20)19-8-11-6-18-7-12(11)9-19;/h2-5,11-12,18H,6-9H2,1H3;1H/t11-,12+;. The molecule has 0 saturated carbocycles. The molecule has 2 fully saturated rings. The molecule has 2 aromatic rings. The summed E-state index contributed by atoms with van der Waals surface area (Å²) in [6.45, 7) is 5.19. The number of halogens is 1. The van der Waals surface area contributed by atoms with E-state index < -0.39 is 5.63 Å². The highest BCUT2D eigenvalue weighted by molar-refractivity contribution is 5.99. The molecule has 5 nitrogen and oxygen atoms in total. The minimum absolute atomic E-state index is 0. The first-order chi connectivity index (χ1) is 10.6. The number of aryl methyl sites for hydroxylation is 1. The van der Waals surface area contributed by atoms with E-state index in [1.165, 1.54) is 0 Å². The van der Waals surface area contributed by atoms with Crippen LogP contribution in [0.1, 0.15) is 15.9 Å². The number of carbonyl (C=O) groups is 1. The van der Waals surface area contributed by atoms with Gasteiger partial charge in [-0.2, -0.15) is 0 Å². The van der Waals surface area contributed by atoms with Crippen LogP contribution in [-0.4, -0.2) is 37.0 Å². The summed E-state index contributed by atoms with van der Waals surface area (Å²) in [4.78, 5) is 26.9. The molecule has 4 rings (SSSR count). The van der Waals surface area contributed by atoms with E-state index in [4.69, 9.17) is 4.42 Å². The maximum absolute atomic E-state index is 12.8. The molecule has 0 spiro atoms. The lowest BCUT2D eigenvalue weighted by atomic mass is 10.0. The van der Waals surface area contributed by atoms with Crippen molar-refractivity contribution in [1.82, 2.24) is 10.2 Å². The summed E-state index contributed by atoms with van der Waals surface area (Å²) in [5.41, 5.74) is 0.902. The van der Waals surface area contributed by atoms with Crippen molar-refractivity contribution >= 4 is 29.3 Å². The number of nitrogens with zero attached hydrogens (tertiary/aromatic N) is 1. The van der Waals surface area contributed by atoms with Gasteiger partial charge >= 0.3 is 5.63 Å². The maximum Gasteiger partial charge on any atom is 0.349 e. The SMILES string of the molecule is Cc1c(C(=O)N2C[C@H]3CNC[C@H]3C2)c(=O)oc2ccccc12.Cl. The zero-order chi connectivity index (χ0) is 15.3. The number of hydrogen-bond donors (Lipinski definition) is 1. The second-order valence-corrected chi connectivity index (χ2v) is 6.27. The molecule has 2 aliphatic rings. The van der Waals surface area contributed by atoms with E-state index in [0.29, 0.717) is 23.0 Å². The smallest absolute Gasteiger partial charge is 0.349 e. The highest BCUT2D eigenvalue weighted by Crippen LogP contribution is 2.28. The lowest BCUT2D eigenvalue weighted by Gasteiger charge is -2.18. The normalized spacial score (nSPS) is 22.9. The summed E-state index contributed by atoms with van der Waals surface area (Å²) < 4.78 is 5.33. The van der Waals surface area contributed by atoms with Crippen LogP contribution in [0.4, 0.5) is 0 Å². The van der Waals surface area contributed by atoms with E-state index in [2.05, 4.69) is 5.32 Å². The Bertz CT molecular complexity index is 805. The van der Waals surface area contributed by atoms with Crippen LogP contribution in [0.2, 0.25) is 0 Å². The van der Waals surface area contributed by atoms with Gasteiger partial charge in [-0.15, -0.1) is 12.4 Å². The Morgan fingerprint density at radius 2 is 1.87 bits per heavy atom. The number of hydrogen-bond acceptors (Lipinski definition) is 4. The predicted molar refractivity (Wildman–Crippen MR) is 90.2 cm³/mol. The third-order valence-corrected chi connectivity index (χ3v) is 4.96. The molecule has 2 aliphatic heterocycles. The van der Waals surface area contributed by atoms with E-state index >= 15 is 0 Å². The van der Waals surface area contributed by atoms with Gasteiger partial charge in [0.15, 0.2) is 0 Å². The summed E-state index contributed by atoms with van der Waals surface area (Å²) >= 11 is 0. The van der Waals surface area contributed by atoms with Gasteiger partial charge in [-0.25, -0.2) is 4.79 Å². The van der Waals surface area contributed by atoms with Crippen LogP contribution in [0.3, 0.4) is 0 Å². The molecule has 2 atom stereocenters. The fourth-order valence-electron chi connectivity index (χ4n) is 3.73. The van der Waals surface area contributed by atoms with Crippen molar-refractivity contribution < 1.29 is 9.21 Å². The molecule has 1 N–H and O–H groups in total. The monoisotopic (exact) mass is 334 g/mol. The van der Waals surface area contributed by atoms with Gasteiger partial charge in [-0.3, -0.25) is 4.79 Å². The molecule has 0 bridgehead atoms. The van der Waals surface area contributed by atoms with Crippen molar-refractivity contribution in [3.05, 3.63) is 45.8 Å². The van der Waals surface area contributed by atoms with Crippen LogP contribution in [-0.2, 0) is 0 Å². The second-order valence-electron chi connectivity index (χ2n) is 6.27. The molecular weight excluding hydrogens is 316 g/mol. The first-order valence-corrected chi connectivity index (χ1v) is 7.67. The number of likely N-dealkylation sites (tertiary alicyclic amines) is 1. The van der Waals surface area contributed by atoms with Crippen LogP contribution >= 0.6 is 12.4 Å². The number of para-hydroxylation sites is 1. The molecule has 6 heteroatoms. The van der Waals surface area contributed by atoms with Crippen molar-refractivity contribution in [2.24, 2.45) is 11.8 Å². The van der Waals surface area contributed by atoms with Crippen LogP contribution in [0.5, 0.6) is 0 Å². The number of amides is 1. The van der Waals surface area contributed by atoms with Crippen LogP contribution in [0, 0.1) is 18.8 Å². The third kappa shape index (κ3) is 2.54. The number of fused-ring (bicyclic) bond motifs is 2. The minimum Gasteiger partial charge on any atom is -0.422 e. The van der Waals surface area contributed by atoms with Crippen molar-refractivity contribution in [3.63, 3.8) is 0 Å². The second kappa shape index (κ2) is 5.98. The highest BCUT2D eigenvalue weighted by atomic mass is 35.5. The first-order valence-electron chi connectivity index (χ1n) is 7.67. The molecule has 0 aliphatic carbocycles. The number of rotatable bonds is 1. The molecule has 0 unspecified atom stereocenters. The Morgan fingerprint density at radius 1 is 1.22 bits per heavy atom. The predicted octanol–water partition coefficient (Wildman–Crippen LogP) is 1.81. The lowest BCUT2D eigenvalue weighted by Crippen LogP contribution is -2.35. The zero-order valence-corrected chi connectivity index (χ0v) is 13.7. The highest BCUT2D eigenvalue weighted by Gasteiger charge is 2.39. The Hall–Kier alpha value is -1.85. The van der Waals surface area contributed by atoms with Crippen molar-refractivity contribution in [2.45, 2.75) is 6.92 Å². The molecule has 2 saturated heterocycles. The van der Waals surface area contributed by atoms with E-state index in [0.717, 1.165) is 31.6 Å². The summed E-state index contributed by atoms with van der Waals surface area (Å²) in [6.07, 6.45) is 0. The number of carbonyl (C=O) groups excluding carboxylic acids is 1. The Labute approximate surface area is 140 Å². The number of benzene rings is 1. The van der Waals surface area contributed by atoms with Crippen LogP contribution in [0.15, 0.2) is 33.5 Å². The fourth-order valence-corrected chi connectivity index (χ4v) is 3.73. The van der Waals surface area contributed by atoms with Crippen LogP contribution in [0.25, 0.3) is 11.0 Å². The average molecular weight is 335 g/mol. The van der Waals surface area contributed by atoms with E-state index in [9.17, 15) is 9.59 Å². The van der Waals surface area contributed by atoms with Crippen molar-refractivity contribution in [3.8, 4) is 0 Å². The van der Waals surface area contributed by atoms with Gasteiger partial charge in [0.25, 0.3) is 5.91 Å². The lowest BCUT2D eigenvalue weighted by molar-refractivity contribution is 0.0777. The van der Waals surface area contributed by atoms with Gasteiger partial charge < -0.3 is 14.6 Å². The molecule has 1 aromatic heterocycles. The third-order valence-electron chi connectivity index (χ3n) is 4.96. The van der Waals surface area contributed by atoms with Crippen LogP contribution < -0.4 is 10.9 Å². The maximum atomic E-state index is 12.8. The Kier molecular flexibility index (Phi) is 4.17. The van der Waals surface area contributed by atoms with E-state index in [1.807, 2.05) is 30.0 Å². The van der Waals surface area contributed by atoms with Gasteiger partial charge in [0.2, 0.25) is 0 Å². The van der Waals surface area contributed by atoms with E-state index in [1.54, 1.807) is 6.07 Å². The number of nitrogens with one attached hydrogen (secondary N) is 1. The van der Waals surface area contributed by atoms with Gasteiger partial charge in [-0.1, -0.05) is 18.2 Å². The molecule has 1 aromatic carbocycles. The molecular formula is C17H19ClN2O3. The average Bonchev–Trinajstić information content (AvgIpc) is 3.08. The summed E-state index contributed by atoms with van der Waals surface area (Å²) in [7, 11) is 0. The van der Waals surface area contributed by atoms with Gasteiger partial charge in [0.1, 0.15) is 11.1 Å². The largest absolute Gasteiger partial charge is 0.422 e. The van der Waals surface area contributed by atoms with Gasteiger partial charge in [-0.05, 0) is 30.4 Å². The van der Waals surface area contributed by atoms with Gasteiger partial charge in [0, 0.05) is 31.6 Å². The summed E-state index contributed by atoms with van der Waals surface area (Å²) in [5.74, 6) is 0.833. The Balaban J connectivity index is 0.00000156. The molecule has 23 heavy (non-hydrogen) atoms. The topological polar surface area (TPSA) is 62.6 Å². The fraction of sp³-hybridized carbons (Fsp3) is 0.412. The minimum atomic E-state index is -0.531. The Morgan fingerprint density at radius 3 is 2.57 bits per heavy atom. The quantitative estimate of drug-likeness (QED) is 0.808. The molecule has 122 valence electrons. The summed E-state index contributed by atoms with van der Waals surface area (Å²) in [5, 5.41) is 4.18. The molecule has 3 heterocycles. The summed E-state index contributed by atoms with van der Waals surface area (Å²) in [6, 6.07) is 7.34. The first kappa shape index (κ1) is 16.0. The molecule has 1 amide bonds. The zero-order valence-electron chi connectivity index (χ0n) is 12.9. The van der Waals surface area contributed by atoms with E-state index in [-0.39, 0.29) is 23.9 Å². The van der Waals surface area contributed by atoms with Gasteiger partial charge in [0.05, 0.1) is 0 Å².